The standard InChI is InChI=1S/C62H55F9N2O6/c1-34-16-24-53(49(28-34)60(63,64)65)79-52-26-20-39(31-46(52)37-14-10-7-11-15-37)58(3,4)38-19-25-51(45(30-38)36-12-8-6-9-13-36)78-50-27-21-42(29-35(50)2)73-56(76)44-23-18-41(33-48(44)57(73)77)59(61(66,67)68,62(69,70)71)40-17-22-43-47(32-40)55(75)72(5)54(43)74/h16-33,36-37H,6-15H2,1-5H3. The van der Waals surface area contributed by atoms with Gasteiger partial charge in [-0.2, -0.15) is 39.5 Å². The van der Waals surface area contributed by atoms with Crippen molar-refractivity contribution in [3.05, 3.63) is 182 Å². The summed E-state index contributed by atoms with van der Waals surface area (Å²) in [6.45, 7) is 7.47. The molecule has 2 aliphatic heterocycles. The van der Waals surface area contributed by atoms with Crippen LogP contribution in [0.5, 0.6) is 23.0 Å². The highest BCUT2D eigenvalue weighted by Gasteiger charge is 2.73. The van der Waals surface area contributed by atoms with Crippen LogP contribution >= 0.6 is 0 Å². The van der Waals surface area contributed by atoms with E-state index in [1.54, 1.807) is 26.0 Å². The van der Waals surface area contributed by atoms with Crippen LogP contribution in [-0.2, 0) is 17.0 Å². The van der Waals surface area contributed by atoms with Crippen LogP contribution < -0.4 is 14.4 Å². The maximum absolute atomic E-state index is 15.3. The molecule has 17 heteroatoms. The Morgan fingerprint density at radius 2 is 0.886 bits per heavy atom. The Morgan fingerprint density at radius 3 is 1.38 bits per heavy atom. The van der Waals surface area contributed by atoms with Crippen LogP contribution in [-0.4, -0.2) is 47.9 Å². The van der Waals surface area contributed by atoms with Crippen LogP contribution in [0, 0.1) is 13.8 Å². The SMILES string of the molecule is Cc1ccc(Oc2ccc(C(C)(C)c3ccc(Oc4ccc(N5C(=O)c6ccc(C(c7ccc8c(c7)C(=O)N(C)C8=O)(C(F)(F)F)C(F)(F)F)cc6C5=O)cc4C)c(C4CCCCC4)c3)cc2C2CCCCC2)c(C(F)(F)F)c1. The second kappa shape index (κ2) is 20.0. The number of fused-ring (bicyclic) bond motifs is 2. The lowest BCUT2D eigenvalue weighted by atomic mass is 9.71. The lowest BCUT2D eigenvalue weighted by Crippen LogP contribution is -2.55. The minimum atomic E-state index is -6.11. The van der Waals surface area contributed by atoms with E-state index in [1.165, 1.54) is 24.3 Å². The first-order valence-electron chi connectivity index (χ1n) is 26.3. The van der Waals surface area contributed by atoms with Crippen LogP contribution in [0.15, 0.2) is 109 Å². The summed E-state index contributed by atoms with van der Waals surface area (Å²) >= 11 is 0. The van der Waals surface area contributed by atoms with Gasteiger partial charge in [0, 0.05) is 12.5 Å². The van der Waals surface area contributed by atoms with Crippen LogP contribution in [0.3, 0.4) is 0 Å². The summed E-state index contributed by atoms with van der Waals surface area (Å²) in [4.78, 5) is 54.6. The quantitative estimate of drug-likeness (QED) is 0.0948. The van der Waals surface area contributed by atoms with Crippen molar-refractivity contribution in [2.24, 2.45) is 0 Å². The van der Waals surface area contributed by atoms with Gasteiger partial charge >= 0.3 is 18.5 Å². The van der Waals surface area contributed by atoms with Crippen LogP contribution in [0.4, 0.5) is 45.2 Å². The number of carbonyl (C=O) groups excluding carboxylic acids is 4. The maximum Gasteiger partial charge on any atom is 0.419 e. The van der Waals surface area contributed by atoms with Gasteiger partial charge in [-0.3, -0.25) is 24.1 Å². The highest BCUT2D eigenvalue weighted by atomic mass is 19.4. The van der Waals surface area contributed by atoms with Gasteiger partial charge in [-0.25, -0.2) is 4.90 Å². The van der Waals surface area contributed by atoms with Gasteiger partial charge in [0.2, 0.25) is 5.41 Å². The Morgan fingerprint density at radius 1 is 0.456 bits per heavy atom. The number of hydrogen-bond acceptors (Lipinski definition) is 6. The molecule has 0 N–H and O–H groups in total. The summed E-state index contributed by atoms with van der Waals surface area (Å²) in [5.41, 5.74) is -6.64. The molecule has 412 valence electrons. The largest absolute Gasteiger partial charge is 0.457 e. The Bertz CT molecular complexity index is 3440. The van der Waals surface area contributed by atoms with E-state index in [2.05, 4.69) is 26.0 Å². The summed E-state index contributed by atoms with van der Waals surface area (Å²) in [6, 6.07) is 23.5. The molecule has 4 amide bonds. The van der Waals surface area contributed by atoms with Gasteiger partial charge in [-0.15, -0.1) is 0 Å². The number of anilines is 1. The van der Waals surface area contributed by atoms with Crippen molar-refractivity contribution in [3.8, 4) is 23.0 Å². The third-order valence-electron chi connectivity index (χ3n) is 16.5. The van der Waals surface area contributed by atoms with Crippen LogP contribution in [0.1, 0.15) is 181 Å². The van der Waals surface area contributed by atoms with Crippen LogP contribution in [0.25, 0.3) is 0 Å². The number of benzene rings is 6. The zero-order chi connectivity index (χ0) is 56.7. The third kappa shape index (κ3) is 9.53. The predicted octanol–water partition coefficient (Wildman–Crippen LogP) is 16.8. The normalized spacial score (nSPS) is 16.9. The molecular formula is C62H55F9N2O6. The van der Waals surface area contributed by atoms with Crippen molar-refractivity contribution < 1.29 is 68.2 Å². The number of ether oxygens (including phenoxy) is 2. The number of nitrogens with zero attached hydrogens (tertiary/aromatic N) is 2. The average molecular weight is 1100 g/mol. The maximum atomic E-state index is 15.3. The summed E-state index contributed by atoms with van der Waals surface area (Å²) in [6.07, 6.45) is -7.16. The van der Waals surface area contributed by atoms with E-state index in [0.717, 1.165) is 112 Å². The van der Waals surface area contributed by atoms with E-state index in [9.17, 15) is 32.3 Å². The summed E-state index contributed by atoms with van der Waals surface area (Å²) in [5, 5.41) is 0. The molecule has 0 bridgehead atoms. The van der Waals surface area contributed by atoms with Crippen LogP contribution in [0.2, 0.25) is 0 Å². The average Bonchev–Trinajstić information content (AvgIpc) is 3.29. The number of rotatable bonds is 11. The molecule has 79 heavy (non-hydrogen) atoms. The van der Waals surface area contributed by atoms with Crippen molar-refractivity contribution in [2.75, 3.05) is 11.9 Å². The van der Waals surface area contributed by atoms with E-state index in [-0.39, 0.29) is 28.8 Å². The Balaban J connectivity index is 0.953. The molecule has 0 spiro atoms. The smallest absolute Gasteiger partial charge is 0.419 e. The summed E-state index contributed by atoms with van der Waals surface area (Å²) < 4.78 is 148. The van der Waals surface area contributed by atoms with Crippen molar-refractivity contribution in [1.29, 1.82) is 0 Å². The molecule has 2 heterocycles. The molecule has 6 aromatic rings. The molecule has 0 unspecified atom stereocenters. The topological polar surface area (TPSA) is 93.2 Å². The Hall–Kier alpha value is -7.43. The van der Waals surface area contributed by atoms with Gasteiger partial charge in [-0.1, -0.05) is 100 Å². The first-order chi connectivity index (χ1) is 37.2. The molecule has 6 aromatic carbocycles. The molecule has 2 aliphatic carbocycles. The van der Waals surface area contributed by atoms with E-state index in [4.69, 9.17) is 9.47 Å². The first-order valence-corrected chi connectivity index (χ1v) is 26.3. The second-order valence-electron chi connectivity index (χ2n) is 21.8. The first kappa shape index (κ1) is 54.9. The minimum Gasteiger partial charge on any atom is -0.457 e. The molecule has 0 atom stereocenters. The van der Waals surface area contributed by atoms with Crippen molar-refractivity contribution >= 4 is 29.3 Å². The van der Waals surface area contributed by atoms with Crippen molar-refractivity contribution in [1.82, 2.24) is 4.90 Å². The Kier molecular flexibility index (Phi) is 13.9. The van der Waals surface area contributed by atoms with E-state index in [0.29, 0.717) is 62.4 Å². The number of alkyl halides is 9. The van der Waals surface area contributed by atoms with Crippen molar-refractivity contribution in [3.63, 3.8) is 0 Å². The fourth-order valence-corrected chi connectivity index (χ4v) is 12.1. The zero-order valence-electron chi connectivity index (χ0n) is 43.9. The number of halogens is 9. The number of amides is 4. The van der Waals surface area contributed by atoms with Gasteiger partial charge in [0.15, 0.2) is 0 Å². The van der Waals surface area contributed by atoms with Crippen molar-refractivity contribution in [2.45, 2.75) is 133 Å². The third-order valence-corrected chi connectivity index (χ3v) is 16.5. The van der Waals surface area contributed by atoms with E-state index < -0.39 is 86.4 Å². The lowest BCUT2D eigenvalue weighted by Gasteiger charge is -2.38. The van der Waals surface area contributed by atoms with E-state index >= 15 is 26.3 Å². The molecule has 0 saturated heterocycles. The molecule has 0 radical (unpaired) electrons. The van der Waals surface area contributed by atoms with Gasteiger partial charge in [0.25, 0.3) is 23.6 Å². The monoisotopic (exact) mass is 1090 g/mol. The fourth-order valence-electron chi connectivity index (χ4n) is 12.1. The van der Waals surface area contributed by atoms with E-state index in [1.807, 2.05) is 18.2 Å². The fraction of sp³-hybridized carbons (Fsp3) is 0.355. The van der Waals surface area contributed by atoms with Gasteiger partial charge in [-0.05, 0) is 157 Å². The zero-order valence-corrected chi connectivity index (χ0v) is 43.9. The summed E-state index contributed by atoms with van der Waals surface area (Å²) in [7, 11) is 1.04. The molecule has 2 saturated carbocycles. The second-order valence-corrected chi connectivity index (χ2v) is 21.8. The number of carbonyl (C=O) groups is 4. The summed E-state index contributed by atoms with van der Waals surface area (Å²) in [5.74, 6) is -2.90. The predicted molar refractivity (Wildman–Crippen MR) is 278 cm³/mol. The molecule has 8 nitrogen and oxygen atoms in total. The van der Waals surface area contributed by atoms with Gasteiger partial charge < -0.3 is 9.47 Å². The number of hydrogen-bond donors (Lipinski definition) is 0. The highest BCUT2D eigenvalue weighted by molar-refractivity contribution is 6.34. The lowest BCUT2D eigenvalue weighted by molar-refractivity contribution is -0.288. The Labute approximate surface area is 450 Å². The highest BCUT2D eigenvalue weighted by Crippen LogP contribution is 2.57. The van der Waals surface area contributed by atoms with Gasteiger partial charge in [0.1, 0.15) is 23.0 Å². The minimum absolute atomic E-state index is 0.0188. The molecular weight excluding hydrogens is 1040 g/mol. The molecule has 0 aromatic heterocycles. The molecule has 10 rings (SSSR count). The van der Waals surface area contributed by atoms with Gasteiger partial charge in [0.05, 0.1) is 33.5 Å². The number of aryl methyl sites for hydroxylation is 2. The molecule has 2 fully saturated rings. The number of imide groups is 2. The molecule has 4 aliphatic rings.